The molecule has 0 saturated carbocycles. The molecule has 0 amide bonds. The number of Topliss-reactive ketones (excluding diaryl/α,β-unsaturated/α-hetero) is 1. The molecule has 5 rings (SSSR count). The molecule has 11 heteroatoms. The van der Waals surface area contributed by atoms with Gasteiger partial charge in [-0.05, 0) is 54.4 Å². The van der Waals surface area contributed by atoms with Gasteiger partial charge in [0.25, 0.3) is 0 Å². The van der Waals surface area contributed by atoms with Crippen molar-refractivity contribution in [3.05, 3.63) is 71.6 Å². The van der Waals surface area contributed by atoms with Crippen LogP contribution < -0.4 is 9.47 Å². The molecule has 0 radical (unpaired) electrons. The van der Waals surface area contributed by atoms with Crippen LogP contribution in [0.2, 0.25) is 25.7 Å². The second kappa shape index (κ2) is 13.7. The van der Waals surface area contributed by atoms with Gasteiger partial charge in [0.15, 0.2) is 17.4 Å². The summed E-state index contributed by atoms with van der Waals surface area (Å²) in [6, 6.07) is 12.0. The first kappa shape index (κ1) is 33.3. The van der Waals surface area contributed by atoms with Crippen LogP contribution in [0.15, 0.2) is 48.8 Å². The van der Waals surface area contributed by atoms with E-state index in [1.165, 1.54) is 13.3 Å². The summed E-state index contributed by atoms with van der Waals surface area (Å²) in [5.74, 6) is -1.90. The fourth-order valence-electron chi connectivity index (χ4n) is 5.37. The van der Waals surface area contributed by atoms with Gasteiger partial charge in [0.05, 0.1) is 37.3 Å². The number of nitriles is 1. The predicted molar refractivity (Wildman–Crippen MR) is 174 cm³/mol. The number of benzene rings is 2. The summed E-state index contributed by atoms with van der Waals surface area (Å²) >= 11 is 0. The Bertz CT molecular complexity index is 1770. The number of hydrogen-bond acceptors (Lipinski definition) is 7. The van der Waals surface area contributed by atoms with Crippen LogP contribution in [-0.4, -0.2) is 50.3 Å². The monoisotopic (exact) mass is 647 g/mol. The fourth-order valence-corrected chi connectivity index (χ4v) is 6.13. The van der Waals surface area contributed by atoms with E-state index in [-0.39, 0.29) is 35.7 Å². The number of halogens is 2. The Morgan fingerprint density at radius 1 is 1.11 bits per heavy atom. The zero-order valence-electron chi connectivity index (χ0n) is 26.9. The van der Waals surface area contributed by atoms with Crippen molar-refractivity contribution in [2.24, 2.45) is 5.41 Å². The topological polar surface area (TPSA) is 95.6 Å². The first-order valence-corrected chi connectivity index (χ1v) is 19.0. The average Bonchev–Trinajstić information content (AvgIpc) is 3.37. The molecule has 242 valence electrons. The molecule has 46 heavy (non-hydrogen) atoms. The Kier molecular flexibility index (Phi) is 9.91. The van der Waals surface area contributed by atoms with E-state index in [0.717, 1.165) is 18.2 Å². The van der Waals surface area contributed by atoms with Gasteiger partial charge in [-0.25, -0.2) is 13.8 Å². The van der Waals surface area contributed by atoms with Gasteiger partial charge in [-0.3, -0.25) is 4.79 Å². The Labute approximate surface area is 268 Å². The Balaban J connectivity index is 1.47. The van der Waals surface area contributed by atoms with Crippen molar-refractivity contribution in [1.29, 1.82) is 5.26 Å². The van der Waals surface area contributed by atoms with Crippen molar-refractivity contribution in [3.63, 3.8) is 0 Å². The minimum Gasteiger partial charge on any atom is -0.496 e. The lowest BCUT2D eigenvalue weighted by molar-refractivity contribution is -0.125. The number of hydrogen-bond donors (Lipinski definition) is 0. The second-order valence-corrected chi connectivity index (χ2v) is 19.0. The van der Waals surface area contributed by atoms with Crippen LogP contribution >= 0.6 is 0 Å². The van der Waals surface area contributed by atoms with Crippen LogP contribution in [0.3, 0.4) is 0 Å². The average molecular weight is 648 g/mol. The van der Waals surface area contributed by atoms with E-state index in [9.17, 15) is 10.1 Å². The molecule has 4 aromatic rings. The molecule has 3 heterocycles. The molecule has 0 atom stereocenters. The number of ether oxygens (including phenoxy) is 4. The normalized spacial score (nSPS) is 14.1. The number of carbonyl (C=O) groups excluding carboxylic acids is 1. The van der Waals surface area contributed by atoms with Gasteiger partial charge in [-0.15, -0.1) is 0 Å². The van der Waals surface area contributed by atoms with E-state index in [2.05, 4.69) is 37.6 Å². The molecule has 1 fully saturated rings. The number of methoxy groups -OCH3 is 1. The summed E-state index contributed by atoms with van der Waals surface area (Å²) in [5.41, 5.74) is 2.40. The van der Waals surface area contributed by atoms with Crippen molar-refractivity contribution in [3.8, 4) is 34.4 Å². The summed E-state index contributed by atoms with van der Waals surface area (Å²) in [6.07, 6.45) is 4.25. The van der Waals surface area contributed by atoms with Crippen LogP contribution in [-0.2, 0) is 27.4 Å². The minimum absolute atomic E-state index is 0.0145. The molecule has 8 nitrogen and oxygen atoms in total. The highest BCUT2D eigenvalue weighted by atomic mass is 28.3. The lowest BCUT2D eigenvalue weighted by Crippen LogP contribution is -2.40. The number of aromatic nitrogens is 2. The molecule has 0 unspecified atom stereocenters. The molecule has 1 saturated heterocycles. The van der Waals surface area contributed by atoms with E-state index in [0.29, 0.717) is 66.1 Å². The first-order chi connectivity index (χ1) is 21.9. The number of rotatable bonds is 14. The largest absolute Gasteiger partial charge is 0.496 e. The maximum Gasteiger partial charge on any atom is 0.198 e. The summed E-state index contributed by atoms with van der Waals surface area (Å²) in [5, 5.41) is 9.92. The number of ketones is 1. The van der Waals surface area contributed by atoms with Crippen molar-refractivity contribution < 1.29 is 32.5 Å². The van der Waals surface area contributed by atoms with Gasteiger partial charge in [-0.1, -0.05) is 26.6 Å². The Hall–Kier alpha value is -4.11. The Morgan fingerprint density at radius 2 is 1.85 bits per heavy atom. The summed E-state index contributed by atoms with van der Waals surface area (Å²) < 4.78 is 55.5. The maximum absolute atomic E-state index is 15.4. The minimum atomic E-state index is -1.31. The third-order valence-corrected chi connectivity index (χ3v) is 9.85. The van der Waals surface area contributed by atoms with Gasteiger partial charge in [0, 0.05) is 56.5 Å². The highest BCUT2D eigenvalue weighted by Gasteiger charge is 2.33. The van der Waals surface area contributed by atoms with Crippen molar-refractivity contribution >= 4 is 24.9 Å². The molecule has 1 aliphatic heterocycles. The van der Waals surface area contributed by atoms with Crippen LogP contribution in [0.25, 0.3) is 22.2 Å². The molecule has 0 N–H and O–H groups in total. The zero-order valence-corrected chi connectivity index (χ0v) is 27.9. The number of pyridine rings is 1. The summed E-state index contributed by atoms with van der Waals surface area (Å²) in [6.45, 7) is 10.9. The molecule has 0 bridgehead atoms. The number of nitrogens with zero attached hydrogens (tertiary/aromatic N) is 3. The molecular weight excluding hydrogens is 608 g/mol. The highest BCUT2D eigenvalue weighted by Crippen LogP contribution is 2.42. The molecule has 1 aliphatic rings. The molecule has 2 aromatic heterocycles. The van der Waals surface area contributed by atoms with Crippen molar-refractivity contribution in [2.75, 3.05) is 26.9 Å². The zero-order chi connectivity index (χ0) is 33.1. The van der Waals surface area contributed by atoms with E-state index >= 15 is 8.78 Å². The van der Waals surface area contributed by atoms with Crippen molar-refractivity contribution in [1.82, 2.24) is 9.55 Å². The third kappa shape index (κ3) is 7.63. The van der Waals surface area contributed by atoms with Crippen LogP contribution in [0.5, 0.6) is 17.2 Å². The van der Waals surface area contributed by atoms with Crippen LogP contribution in [0.1, 0.15) is 30.9 Å². The van der Waals surface area contributed by atoms with Crippen LogP contribution in [0.4, 0.5) is 8.78 Å². The summed E-state index contributed by atoms with van der Waals surface area (Å²) in [4.78, 5) is 17.2. The number of fused-ring (bicyclic) bond motifs is 1. The smallest absolute Gasteiger partial charge is 0.198 e. The maximum atomic E-state index is 15.4. The van der Waals surface area contributed by atoms with Gasteiger partial charge < -0.3 is 23.5 Å². The lowest BCUT2D eigenvalue weighted by atomic mass is 9.82. The van der Waals surface area contributed by atoms with Gasteiger partial charge >= 0.3 is 0 Å². The van der Waals surface area contributed by atoms with Gasteiger partial charge in [0.1, 0.15) is 29.7 Å². The molecule has 0 spiro atoms. The van der Waals surface area contributed by atoms with Gasteiger partial charge in [0.2, 0.25) is 0 Å². The first-order valence-electron chi connectivity index (χ1n) is 15.3. The van der Waals surface area contributed by atoms with E-state index < -0.39 is 25.5 Å². The molecule has 0 aliphatic carbocycles. The number of carbonyl (C=O) groups is 1. The molecule has 2 aromatic carbocycles. The highest BCUT2D eigenvalue weighted by molar-refractivity contribution is 6.76. The molecular formula is C35H39F2N3O5Si. The third-order valence-electron chi connectivity index (χ3n) is 8.15. The van der Waals surface area contributed by atoms with Crippen LogP contribution in [0, 0.1) is 28.4 Å². The predicted octanol–water partition coefficient (Wildman–Crippen LogP) is 7.89. The SMILES string of the molecule is COc1cc(C#N)ccc1-c1cn(COCC[Si](C)(C)C)c2nccc(Oc3c(F)cc(CC(=O)CCC4(C)COC4)cc3F)c12. The Morgan fingerprint density at radius 3 is 2.48 bits per heavy atom. The van der Waals surface area contributed by atoms with E-state index in [1.807, 2.05) is 10.8 Å². The second-order valence-electron chi connectivity index (χ2n) is 13.4. The fraction of sp³-hybridized carbons (Fsp3) is 0.400. The standard InChI is InChI=1S/C35H39F2N3O5Si/c1-35(20-44-21-35)10-8-25(41)14-24-15-28(36)33(29(37)16-24)45-30-9-11-39-34-32(30)27(19-40(34)22-43-12-13-46(3,4)5)26-7-6-23(18-38)17-31(26)42-2/h6-7,9,11,15-17,19H,8,10,12-14,20-22H2,1-5H3. The quantitative estimate of drug-likeness (QED) is 0.101. The summed E-state index contributed by atoms with van der Waals surface area (Å²) in [7, 11) is 0.195. The van der Waals surface area contributed by atoms with Crippen molar-refractivity contribution in [2.45, 2.75) is 58.6 Å². The lowest BCUT2D eigenvalue weighted by Gasteiger charge is -2.37. The van der Waals surface area contributed by atoms with Gasteiger partial charge in [-0.2, -0.15) is 5.26 Å². The van der Waals surface area contributed by atoms with E-state index in [1.54, 1.807) is 24.3 Å². The van der Waals surface area contributed by atoms with E-state index in [4.69, 9.17) is 18.9 Å².